The molecule has 0 N–H and O–H groups in total. The third kappa shape index (κ3) is 7.59. The molecule has 30 heavy (non-hydrogen) atoms. The standard InChI is InChI=1S/C23H40N4O2S/c1-3-4-5-6-9-27(13-12-25-14-16-29-17-15-25)23(28)21-7-10-26(11-8-21)18-22-19-30-20(2)24-22/h19,21H,3-18H2,1-2H3. The van der Waals surface area contributed by atoms with E-state index in [0.29, 0.717) is 5.91 Å². The Morgan fingerprint density at radius 3 is 2.57 bits per heavy atom. The lowest BCUT2D eigenvalue weighted by Gasteiger charge is -2.35. The molecule has 0 aromatic carbocycles. The number of morpholine rings is 1. The average Bonchev–Trinajstić information content (AvgIpc) is 3.18. The van der Waals surface area contributed by atoms with E-state index in [1.807, 2.05) is 0 Å². The number of carbonyl (C=O) groups excluding carboxylic acids is 1. The Morgan fingerprint density at radius 1 is 1.13 bits per heavy atom. The van der Waals surface area contributed by atoms with Crippen LogP contribution in [0.2, 0.25) is 0 Å². The average molecular weight is 437 g/mol. The number of carbonyl (C=O) groups is 1. The summed E-state index contributed by atoms with van der Waals surface area (Å²) in [6.45, 7) is 13.6. The lowest BCUT2D eigenvalue weighted by molar-refractivity contribution is -0.137. The minimum absolute atomic E-state index is 0.189. The minimum Gasteiger partial charge on any atom is -0.379 e. The molecule has 2 aliphatic rings. The van der Waals surface area contributed by atoms with E-state index in [4.69, 9.17) is 4.74 Å². The first kappa shape index (κ1) is 23.6. The number of piperidine rings is 1. The van der Waals surface area contributed by atoms with E-state index in [1.54, 1.807) is 11.3 Å². The SMILES string of the molecule is CCCCCCN(CCN1CCOCC1)C(=O)C1CCN(Cc2csc(C)n2)CC1. The van der Waals surface area contributed by atoms with Gasteiger partial charge in [0.15, 0.2) is 0 Å². The van der Waals surface area contributed by atoms with Crippen LogP contribution in [0.5, 0.6) is 0 Å². The van der Waals surface area contributed by atoms with E-state index in [9.17, 15) is 4.79 Å². The van der Waals surface area contributed by atoms with Gasteiger partial charge in [-0.05, 0) is 39.3 Å². The van der Waals surface area contributed by atoms with Gasteiger partial charge in [0.2, 0.25) is 5.91 Å². The number of rotatable bonds is 11. The predicted molar refractivity (Wildman–Crippen MR) is 123 cm³/mol. The molecule has 3 rings (SSSR count). The third-order valence-electron chi connectivity index (χ3n) is 6.37. The molecule has 0 aliphatic carbocycles. The Morgan fingerprint density at radius 2 is 1.90 bits per heavy atom. The molecule has 2 fully saturated rings. The molecular formula is C23H40N4O2S. The third-order valence-corrected chi connectivity index (χ3v) is 7.19. The molecule has 0 saturated carbocycles. The van der Waals surface area contributed by atoms with Crippen LogP contribution in [0, 0.1) is 12.8 Å². The highest BCUT2D eigenvalue weighted by Crippen LogP contribution is 2.22. The molecule has 1 amide bonds. The van der Waals surface area contributed by atoms with Crippen LogP contribution >= 0.6 is 11.3 Å². The Labute approximate surface area is 186 Å². The maximum absolute atomic E-state index is 13.4. The monoisotopic (exact) mass is 436 g/mol. The molecular weight excluding hydrogens is 396 g/mol. The van der Waals surface area contributed by atoms with Crippen LogP contribution in [0.1, 0.15) is 56.2 Å². The number of hydrogen-bond donors (Lipinski definition) is 0. The van der Waals surface area contributed by atoms with Crippen LogP contribution in [-0.4, -0.2) is 84.6 Å². The predicted octanol–water partition coefficient (Wildman–Crippen LogP) is 3.40. The minimum atomic E-state index is 0.189. The van der Waals surface area contributed by atoms with Crippen molar-refractivity contribution in [2.75, 3.05) is 59.0 Å². The molecule has 0 atom stereocenters. The normalized spacial score (nSPS) is 19.3. The maximum atomic E-state index is 13.4. The molecule has 6 nitrogen and oxygen atoms in total. The molecule has 0 bridgehead atoms. The van der Waals surface area contributed by atoms with Crippen LogP contribution in [0.15, 0.2) is 5.38 Å². The molecule has 170 valence electrons. The summed E-state index contributed by atoms with van der Waals surface area (Å²) in [5.41, 5.74) is 1.17. The van der Waals surface area contributed by atoms with E-state index in [2.05, 4.69) is 38.9 Å². The van der Waals surface area contributed by atoms with E-state index < -0.39 is 0 Å². The maximum Gasteiger partial charge on any atom is 0.225 e. The molecule has 1 aromatic heterocycles. The van der Waals surface area contributed by atoms with Crippen LogP contribution in [-0.2, 0) is 16.1 Å². The van der Waals surface area contributed by atoms with Crippen molar-refractivity contribution >= 4 is 17.2 Å². The summed E-state index contributed by atoms with van der Waals surface area (Å²) in [7, 11) is 0. The molecule has 0 unspecified atom stereocenters. The van der Waals surface area contributed by atoms with Gasteiger partial charge in [-0.3, -0.25) is 14.6 Å². The largest absolute Gasteiger partial charge is 0.379 e. The number of likely N-dealkylation sites (tertiary alicyclic amines) is 1. The van der Waals surface area contributed by atoms with Crippen molar-refractivity contribution in [2.45, 2.75) is 58.9 Å². The van der Waals surface area contributed by atoms with Gasteiger partial charge in [0.25, 0.3) is 0 Å². The number of nitrogens with zero attached hydrogens (tertiary/aromatic N) is 4. The van der Waals surface area contributed by atoms with Gasteiger partial charge in [-0.25, -0.2) is 4.98 Å². The summed E-state index contributed by atoms with van der Waals surface area (Å²) in [6, 6.07) is 0. The van der Waals surface area contributed by atoms with Gasteiger partial charge in [0.05, 0.1) is 23.9 Å². The van der Waals surface area contributed by atoms with Gasteiger partial charge in [-0.2, -0.15) is 0 Å². The van der Waals surface area contributed by atoms with Crippen LogP contribution in [0.25, 0.3) is 0 Å². The van der Waals surface area contributed by atoms with Crippen LogP contribution in [0.4, 0.5) is 0 Å². The molecule has 2 aliphatic heterocycles. The number of amides is 1. The second kappa shape index (κ2) is 12.7. The molecule has 2 saturated heterocycles. The van der Waals surface area contributed by atoms with Crippen molar-refractivity contribution in [3.8, 4) is 0 Å². The zero-order valence-corrected chi connectivity index (χ0v) is 19.8. The topological polar surface area (TPSA) is 48.9 Å². The number of aromatic nitrogens is 1. The Balaban J connectivity index is 1.47. The number of unbranched alkanes of at least 4 members (excludes halogenated alkanes) is 3. The lowest BCUT2D eigenvalue weighted by atomic mass is 9.95. The summed E-state index contributed by atoms with van der Waals surface area (Å²) in [6.07, 6.45) is 6.81. The molecule has 1 aromatic rings. The van der Waals surface area contributed by atoms with Crippen LogP contribution in [0.3, 0.4) is 0 Å². The van der Waals surface area contributed by atoms with Crippen molar-refractivity contribution in [2.24, 2.45) is 5.92 Å². The summed E-state index contributed by atoms with van der Waals surface area (Å²) in [5.74, 6) is 0.582. The van der Waals surface area contributed by atoms with Gasteiger partial charge < -0.3 is 9.64 Å². The number of thiazole rings is 1. The zero-order valence-electron chi connectivity index (χ0n) is 19.0. The quantitative estimate of drug-likeness (QED) is 0.498. The first-order valence-corrected chi connectivity index (χ1v) is 12.8. The van der Waals surface area contributed by atoms with Crippen molar-refractivity contribution in [3.05, 3.63) is 16.1 Å². The first-order valence-electron chi connectivity index (χ1n) is 11.9. The highest BCUT2D eigenvalue weighted by Gasteiger charge is 2.29. The number of hydrogen-bond acceptors (Lipinski definition) is 6. The van der Waals surface area contributed by atoms with Gasteiger partial charge >= 0.3 is 0 Å². The van der Waals surface area contributed by atoms with Gasteiger partial charge in [0.1, 0.15) is 0 Å². The second-order valence-corrected chi connectivity index (χ2v) is 9.81. The molecule has 0 spiro atoms. The number of aryl methyl sites for hydroxylation is 1. The van der Waals surface area contributed by atoms with E-state index in [0.717, 1.165) is 89.8 Å². The number of ether oxygens (including phenoxy) is 1. The molecule has 7 heteroatoms. The summed E-state index contributed by atoms with van der Waals surface area (Å²) >= 11 is 1.72. The van der Waals surface area contributed by atoms with Crippen LogP contribution < -0.4 is 0 Å². The van der Waals surface area contributed by atoms with E-state index in [1.165, 1.54) is 25.0 Å². The summed E-state index contributed by atoms with van der Waals surface area (Å²) < 4.78 is 5.46. The lowest BCUT2D eigenvalue weighted by Crippen LogP contribution is -2.46. The Kier molecular flexibility index (Phi) is 10.0. The van der Waals surface area contributed by atoms with Crippen molar-refractivity contribution in [1.82, 2.24) is 19.7 Å². The second-order valence-electron chi connectivity index (χ2n) is 8.75. The Bertz CT molecular complexity index is 624. The van der Waals surface area contributed by atoms with E-state index in [-0.39, 0.29) is 5.92 Å². The van der Waals surface area contributed by atoms with Crippen molar-refractivity contribution in [3.63, 3.8) is 0 Å². The summed E-state index contributed by atoms with van der Waals surface area (Å²) in [4.78, 5) is 25.0. The van der Waals surface area contributed by atoms with Gasteiger partial charge in [-0.1, -0.05) is 26.2 Å². The zero-order chi connectivity index (χ0) is 21.2. The first-order chi connectivity index (χ1) is 14.7. The highest BCUT2D eigenvalue weighted by molar-refractivity contribution is 7.09. The van der Waals surface area contributed by atoms with Crippen molar-refractivity contribution < 1.29 is 9.53 Å². The van der Waals surface area contributed by atoms with Crippen molar-refractivity contribution in [1.29, 1.82) is 0 Å². The van der Waals surface area contributed by atoms with E-state index >= 15 is 0 Å². The van der Waals surface area contributed by atoms with Gasteiger partial charge in [0, 0.05) is 50.6 Å². The smallest absolute Gasteiger partial charge is 0.225 e. The fraction of sp³-hybridized carbons (Fsp3) is 0.826. The molecule has 0 radical (unpaired) electrons. The highest BCUT2D eigenvalue weighted by atomic mass is 32.1. The summed E-state index contributed by atoms with van der Waals surface area (Å²) in [5, 5.41) is 3.30. The fourth-order valence-electron chi connectivity index (χ4n) is 4.45. The van der Waals surface area contributed by atoms with Gasteiger partial charge in [-0.15, -0.1) is 11.3 Å². The fourth-order valence-corrected chi connectivity index (χ4v) is 5.06. The molecule has 3 heterocycles. The Hall–Kier alpha value is -1.02.